The van der Waals surface area contributed by atoms with E-state index in [1.807, 2.05) is 0 Å². The van der Waals surface area contributed by atoms with Gasteiger partial charge in [-0.05, 0) is 12.8 Å². The second-order valence-electron chi connectivity index (χ2n) is 2.27. The van der Waals surface area contributed by atoms with Crippen LogP contribution in [0.1, 0.15) is 12.8 Å². The van der Waals surface area contributed by atoms with E-state index >= 15 is 0 Å². The van der Waals surface area contributed by atoms with Gasteiger partial charge in [-0.15, -0.1) is 0 Å². The predicted molar refractivity (Wildman–Crippen MR) is 39.1 cm³/mol. The summed E-state index contributed by atoms with van der Waals surface area (Å²) in [6, 6.07) is 0. The molecular weight excluding hydrogens is 144 g/mol. The van der Waals surface area contributed by atoms with Gasteiger partial charge in [0.1, 0.15) is 0 Å². The van der Waals surface area contributed by atoms with Crippen molar-refractivity contribution >= 4 is 11.8 Å². The number of hydrogen-bond donors (Lipinski definition) is 1. The number of hydrogen-bond acceptors (Lipinski definition) is 2. The number of ketones is 1. The quantitative estimate of drug-likeness (QED) is 0.598. The minimum atomic E-state index is -1.39. The number of carbonyl (C=O) groups is 2. The van der Waals surface area contributed by atoms with E-state index in [2.05, 4.69) is 0 Å². The molecule has 1 aliphatic rings. The van der Waals surface area contributed by atoms with Gasteiger partial charge < -0.3 is 5.11 Å². The van der Waals surface area contributed by atoms with E-state index in [9.17, 15) is 9.59 Å². The van der Waals surface area contributed by atoms with Crippen LogP contribution in [0.5, 0.6) is 0 Å². The highest BCUT2D eigenvalue weighted by Crippen LogP contribution is 2.10. The molecule has 0 radical (unpaired) electrons. The third kappa shape index (κ3) is 1.77. The maximum atomic E-state index is 10.8. The van der Waals surface area contributed by atoms with Gasteiger partial charge in [-0.25, -0.2) is 4.79 Å². The van der Waals surface area contributed by atoms with Crippen molar-refractivity contribution < 1.29 is 14.7 Å². The van der Waals surface area contributed by atoms with E-state index in [0.717, 1.165) is 12.8 Å². The summed E-state index contributed by atoms with van der Waals surface area (Å²) >= 11 is 0. The van der Waals surface area contributed by atoms with Crippen LogP contribution >= 0.6 is 0 Å². The van der Waals surface area contributed by atoms with E-state index in [0.29, 0.717) is 5.57 Å². The van der Waals surface area contributed by atoms with Crippen molar-refractivity contribution in [3.63, 3.8) is 0 Å². The van der Waals surface area contributed by atoms with Gasteiger partial charge >= 0.3 is 5.97 Å². The Morgan fingerprint density at radius 3 is 2.55 bits per heavy atom. The van der Waals surface area contributed by atoms with E-state index < -0.39 is 11.8 Å². The summed E-state index contributed by atoms with van der Waals surface area (Å²) in [7, 11) is 0. The molecule has 0 aromatic carbocycles. The number of carboxylic acid groups (broad SMARTS) is 1. The lowest BCUT2D eigenvalue weighted by molar-refractivity contribution is -0.147. The van der Waals surface area contributed by atoms with Crippen LogP contribution in [0.15, 0.2) is 23.8 Å². The third-order valence-electron chi connectivity index (χ3n) is 1.45. The van der Waals surface area contributed by atoms with E-state index in [-0.39, 0.29) is 0 Å². The maximum Gasteiger partial charge on any atom is 0.377 e. The van der Waals surface area contributed by atoms with E-state index in [4.69, 9.17) is 5.11 Å². The van der Waals surface area contributed by atoms with Gasteiger partial charge in [-0.3, -0.25) is 4.79 Å². The Morgan fingerprint density at radius 2 is 2.09 bits per heavy atom. The molecule has 0 heterocycles. The zero-order chi connectivity index (χ0) is 8.27. The number of carbonyl (C=O) groups excluding carboxylic acids is 1. The van der Waals surface area contributed by atoms with Crippen LogP contribution in [-0.4, -0.2) is 16.9 Å². The first kappa shape index (κ1) is 7.72. The lowest BCUT2D eigenvalue weighted by Gasteiger charge is -2.01. The van der Waals surface area contributed by atoms with Crippen molar-refractivity contribution in [2.45, 2.75) is 12.8 Å². The van der Waals surface area contributed by atoms with Crippen LogP contribution in [0.3, 0.4) is 0 Å². The molecule has 0 bridgehead atoms. The molecule has 0 atom stereocenters. The molecule has 0 amide bonds. The molecule has 0 aromatic heterocycles. The zero-order valence-electron chi connectivity index (χ0n) is 5.91. The second-order valence-corrected chi connectivity index (χ2v) is 2.27. The monoisotopic (exact) mass is 152 g/mol. The molecule has 0 fully saturated rings. The first-order chi connectivity index (χ1) is 5.22. The van der Waals surface area contributed by atoms with Crippen LogP contribution in [0.2, 0.25) is 0 Å². The van der Waals surface area contributed by atoms with Gasteiger partial charge in [0.05, 0.1) is 0 Å². The van der Waals surface area contributed by atoms with Crippen molar-refractivity contribution in [2.24, 2.45) is 0 Å². The van der Waals surface area contributed by atoms with Gasteiger partial charge in [-0.1, -0.05) is 18.2 Å². The van der Waals surface area contributed by atoms with Crippen LogP contribution < -0.4 is 0 Å². The SMILES string of the molecule is O=C(O)C(=O)C1=CCCC=C1. The van der Waals surface area contributed by atoms with Crippen LogP contribution in [0.4, 0.5) is 0 Å². The largest absolute Gasteiger partial charge is 0.475 e. The minimum absolute atomic E-state index is 0.295. The van der Waals surface area contributed by atoms with Gasteiger partial charge in [0.15, 0.2) is 0 Å². The van der Waals surface area contributed by atoms with Crippen molar-refractivity contribution in [1.82, 2.24) is 0 Å². The molecule has 0 aromatic rings. The summed E-state index contributed by atoms with van der Waals surface area (Å²) in [5, 5.41) is 8.31. The fraction of sp³-hybridized carbons (Fsp3) is 0.250. The fourth-order valence-electron chi connectivity index (χ4n) is 0.905. The van der Waals surface area contributed by atoms with Gasteiger partial charge in [0.25, 0.3) is 5.78 Å². The summed E-state index contributed by atoms with van der Waals surface area (Å²) in [5.74, 6) is -2.20. The normalized spacial score (nSPS) is 15.8. The van der Waals surface area contributed by atoms with E-state index in [1.165, 1.54) is 0 Å². The standard InChI is InChI=1S/C8H8O3/c9-7(8(10)11)6-4-2-1-3-5-6/h2,4-5H,1,3H2,(H,10,11). The number of carboxylic acids is 1. The molecule has 58 valence electrons. The Morgan fingerprint density at radius 1 is 1.36 bits per heavy atom. The average molecular weight is 152 g/mol. The molecule has 0 aliphatic heterocycles. The van der Waals surface area contributed by atoms with E-state index in [1.54, 1.807) is 18.2 Å². The maximum absolute atomic E-state index is 10.8. The molecule has 1 N–H and O–H groups in total. The summed E-state index contributed by atoms with van der Waals surface area (Å²) in [5.41, 5.74) is 0.295. The Labute approximate surface area is 64.0 Å². The highest BCUT2D eigenvalue weighted by molar-refractivity contribution is 6.40. The van der Waals surface area contributed by atoms with Crippen molar-refractivity contribution in [1.29, 1.82) is 0 Å². The molecular formula is C8H8O3. The minimum Gasteiger partial charge on any atom is -0.475 e. The summed E-state index contributed by atoms with van der Waals surface area (Å²) in [4.78, 5) is 21.0. The molecule has 3 heteroatoms. The van der Waals surface area contributed by atoms with Crippen molar-refractivity contribution in [3.8, 4) is 0 Å². The molecule has 0 spiro atoms. The lowest BCUT2D eigenvalue weighted by atomic mass is 10.0. The van der Waals surface area contributed by atoms with Crippen LogP contribution in [0, 0.1) is 0 Å². The molecule has 1 rings (SSSR count). The Hall–Kier alpha value is -1.38. The number of rotatable bonds is 2. The Balaban J connectivity index is 2.75. The molecule has 0 saturated heterocycles. The Kier molecular flexibility index (Phi) is 2.21. The zero-order valence-corrected chi connectivity index (χ0v) is 5.91. The smallest absolute Gasteiger partial charge is 0.377 e. The highest BCUT2D eigenvalue weighted by Gasteiger charge is 2.15. The van der Waals surface area contributed by atoms with Crippen molar-refractivity contribution in [2.75, 3.05) is 0 Å². The topological polar surface area (TPSA) is 54.4 Å². The first-order valence-corrected chi connectivity index (χ1v) is 3.36. The predicted octanol–water partition coefficient (Wildman–Crippen LogP) is 0.916. The van der Waals surface area contributed by atoms with Gasteiger partial charge in [-0.2, -0.15) is 0 Å². The average Bonchev–Trinajstić information content (AvgIpc) is 2.05. The van der Waals surface area contributed by atoms with Crippen LogP contribution in [-0.2, 0) is 9.59 Å². The lowest BCUT2D eigenvalue weighted by Crippen LogP contribution is -2.14. The summed E-state index contributed by atoms with van der Waals surface area (Å²) in [6.07, 6.45) is 6.65. The molecule has 11 heavy (non-hydrogen) atoms. The Bertz CT molecular complexity index is 248. The van der Waals surface area contributed by atoms with Crippen LogP contribution in [0.25, 0.3) is 0 Å². The summed E-state index contributed by atoms with van der Waals surface area (Å²) in [6.45, 7) is 0. The number of aliphatic carboxylic acids is 1. The number of allylic oxidation sites excluding steroid dienone is 3. The number of Topliss-reactive ketones (excluding diaryl/α,β-unsaturated/α-hetero) is 1. The molecule has 1 aliphatic carbocycles. The first-order valence-electron chi connectivity index (χ1n) is 3.36. The van der Waals surface area contributed by atoms with Gasteiger partial charge in [0, 0.05) is 5.57 Å². The highest BCUT2D eigenvalue weighted by atomic mass is 16.4. The second kappa shape index (κ2) is 3.14. The summed E-state index contributed by atoms with van der Waals surface area (Å²) < 4.78 is 0. The third-order valence-corrected chi connectivity index (χ3v) is 1.45. The van der Waals surface area contributed by atoms with Gasteiger partial charge in [0.2, 0.25) is 0 Å². The molecule has 0 saturated carbocycles. The molecule has 3 nitrogen and oxygen atoms in total. The molecule has 0 unspecified atom stereocenters. The van der Waals surface area contributed by atoms with Crippen molar-refractivity contribution in [3.05, 3.63) is 23.8 Å². The fourth-order valence-corrected chi connectivity index (χ4v) is 0.905.